The monoisotopic (exact) mass is 247 g/mol. The van der Waals surface area contributed by atoms with Crippen LogP contribution < -0.4 is 15.2 Å². The summed E-state index contributed by atoms with van der Waals surface area (Å²) >= 11 is 0. The molecule has 1 aliphatic carbocycles. The molecule has 1 fully saturated rings. The van der Waals surface area contributed by atoms with E-state index < -0.39 is 0 Å². The molecule has 0 saturated heterocycles. The van der Waals surface area contributed by atoms with E-state index in [1.807, 2.05) is 18.2 Å². The molecule has 1 heterocycles. The van der Waals surface area contributed by atoms with Gasteiger partial charge in [-0.1, -0.05) is 12.8 Å². The van der Waals surface area contributed by atoms with Crippen LogP contribution >= 0.6 is 0 Å². The highest BCUT2D eigenvalue weighted by molar-refractivity contribution is 5.43. The minimum Gasteiger partial charge on any atom is -0.497 e. The molecule has 0 spiro atoms. The summed E-state index contributed by atoms with van der Waals surface area (Å²) in [6.07, 6.45) is 6.52. The van der Waals surface area contributed by atoms with Gasteiger partial charge in [0.15, 0.2) is 0 Å². The number of benzene rings is 1. The maximum Gasteiger partial charge on any atom is 0.124 e. The lowest BCUT2D eigenvalue weighted by Crippen LogP contribution is -2.34. The second kappa shape index (κ2) is 4.81. The van der Waals surface area contributed by atoms with Crippen molar-refractivity contribution in [3.63, 3.8) is 0 Å². The van der Waals surface area contributed by atoms with E-state index in [2.05, 4.69) is 0 Å². The van der Waals surface area contributed by atoms with E-state index in [4.69, 9.17) is 15.2 Å². The van der Waals surface area contributed by atoms with Gasteiger partial charge in [0.25, 0.3) is 0 Å². The summed E-state index contributed by atoms with van der Waals surface area (Å²) in [5.41, 5.74) is 7.38. The maximum absolute atomic E-state index is 6.29. The molecular weight excluding hydrogens is 226 g/mol. The van der Waals surface area contributed by atoms with E-state index in [0.29, 0.717) is 12.0 Å². The zero-order valence-corrected chi connectivity index (χ0v) is 10.9. The highest BCUT2D eigenvalue weighted by atomic mass is 16.5. The molecule has 1 aromatic carbocycles. The molecule has 3 heteroatoms. The van der Waals surface area contributed by atoms with Crippen LogP contribution in [0.25, 0.3) is 0 Å². The highest BCUT2D eigenvalue weighted by Crippen LogP contribution is 2.41. The second-order valence-electron chi connectivity index (χ2n) is 5.45. The Morgan fingerprint density at radius 2 is 2.06 bits per heavy atom. The Labute approximate surface area is 108 Å². The van der Waals surface area contributed by atoms with Crippen LogP contribution in [0.3, 0.4) is 0 Å². The predicted molar refractivity (Wildman–Crippen MR) is 70.9 cm³/mol. The van der Waals surface area contributed by atoms with Crippen LogP contribution in [0.4, 0.5) is 0 Å². The van der Waals surface area contributed by atoms with Gasteiger partial charge in [-0.2, -0.15) is 0 Å². The first-order valence-corrected chi connectivity index (χ1v) is 6.88. The summed E-state index contributed by atoms with van der Waals surface area (Å²) in [6, 6.07) is 6.03. The normalized spacial score (nSPS) is 27.7. The van der Waals surface area contributed by atoms with Crippen LogP contribution in [0.5, 0.6) is 11.5 Å². The SMILES string of the molecule is COc1ccc2c(c1)[C@H](N)CC(C1CCCC1)O2. The standard InChI is InChI=1S/C15H21NO2/c1-17-11-6-7-14-12(8-11)13(16)9-15(18-14)10-4-2-3-5-10/h6-8,10,13,15H,2-5,9,16H2,1H3/t13-,15?/m1/s1. The topological polar surface area (TPSA) is 44.5 Å². The first-order chi connectivity index (χ1) is 8.78. The van der Waals surface area contributed by atoms with Crippen molar-refractivity contribution in [1.29, 1.82) is 0 Å². The quantitative estimate of drug-likeness (QED) is 0.873. The summed E-state index contributed by atoms with van der Waals surface area (Å²) in [5.74, 6) is 2.50. The number of methoxy groups -OCH3 is 1. The fourth-order valence-electron chi connectivity index (χ4n) is 3.26. The average Bonchev–Trinajstić information content (AvgIpc) is 2.92. The fourth-order valence-corrected chi connectivity index (χ4v) is 3.26. The Balaban J connectivity index is 1.83. The van der Waals surface area contributed by atoms with Crippen molar-refractivity contribution >= 4 is 0 Å². The van der Waals surface area contributed by atoms with Crippen molar-refractivity contribution in [3.05, 3.63) is 23.8 Å². The van der Waals surface area contributed by atoms with E-state index in [9.17, 15) is 0 Å². The van der Waals surface area contributed by atoms with E-state index >= 15 is 0 Å². The zero-order valence-electron chi connectivity index (χ0n) is 10.9. The van der Waals surface area contributed by atoms with Gasteiger partial charge in [0.05, 0.1) is 7.11 Å². The van der Waals surface area contributed by atoms with E-state index in [0.717, 1.165) is 23.5 Å². The number of hydrogen-bond acceptors (Lipinski definition) is 3. The van der Waals surface area contributed by atoms with Crippen molar-refractivity contribution in [1.82, 2.24) is 0 Å². The number of nitrogens with two attached hydrogens (primary N) is 1. The Morgan fingerprint density at radius 3 is 2.78 bits per heavy atom. The number of rotatable bonds is 2. The second-order valence-corrected chi connectivity index (χ2v) is 5.45. The molecule has 1 saturated carbocycles. The largest absolute Gasteiger partial charge is 0.497 e. The smallest absolute Gasteiger partial charge is 0.124 e. The molecule has 3 rings (SSSR count). The van der Waals surface area contributed by atoms with Gasteiger partial charge in [0.2, 0.25) is 0 Å². The van der Waals surface area contributed by atoms with Crippen LogP contribution in [0.2, 0.25) is 0 Å². The van der Waals surface area contributed by atoms with Gasteiger partial charge in [-0.05, 0) is 37.0 Å². The van der Waals surface area contributed by atoms with Gasteiger partial charge in [-0.15, -0.1) is 0 Å². The van der Waals surface area contributed by atoms with E-state index in [1.54, 1.807) is 7.11 Å². The van der Waals surface area contributed by atoms with Gasteiger partial charge in [0, 0.05) is 18.0 Å². The molecule has 0 aromatic heterocycles. The molecule has 2 N–H and O–H groups in total. The first kappa shape index (κ1) is 11.8. The Kier molecular flexibility index (Phi) is 3.16. The van der Waals surface area contributed by atoms with E-state index in [1.165, 1.54) is 25.7 Å². The molecule has 1 aromatic rings. The molecule has 18 heavy (non-hydrogen) atoms. The summed E-state index contributed by atoms with van der Waals surface area (Å²) < 4.78 is 11.4. The number of fused-ring (bicyclic) bond motifs is 1. The summed E-state index contributed by atoms with van der Waals surface area (Å²) in [7, 11) is 1.68. The summed E-state index contributed by atoms with van der Waals surface area (Å²) in [4.78, 5) is 0. The summed E-state index contributed by atoms with van der Waals surface area (Å²) in [5, 5.41) is 0. The molecule has 2 aliphatic rings. The van der Waals surface area contributed by atoms with E-state index in [-0.39, 0.29) is 6.04 Å². The molecule has 0 amide bonds. The molecule has 1 unspecified atom stereocenters. The number of ether oxygens (including phenoxy) is 2. The molecule has 2 atom stereocenters. The highest BCUT2D eigenvalue weighted by Gasteiger charge is 2.33. The van der Waals surface area contributed by atoms with Gasteiger partial charge in [0.1, 0.15) is 17.6 Å². The van der Waals surface area contributed by atoms with Crippen LogP contribution in [-0.4, -0.2) is 13.2 Å². The third kappa shape index (κ3) is 2.07. The third-order valence-corrected chi connectivity index (χ3v) is 4.31. The van der Waals surface area contributed by atoms with Crippen molar-refractivity contribution in [3.8, 4) is 11.5 Å². The van der Waals surface area contributed by atoms with Gasteiger partial charge >= 0.3 is 0 Å². The van der Waals surface area contributed by atoms with Gasteiger partial charge in [-0.3, -0.25) is 0 Å². The number of hydrogen-bond donors (Lipinski definition) is 1. The van der Waals surface area contributed by atoms with Crippen molar-refractivity contribution in [2.45, 2.75) is 44.2 Å². The van der Waals surface area contributed by atoms with Crippen molar-refractivity contribution in [2.75, 3.05) is 7.11 Å². The molecule has 3 nitrogen and oxygen atoms in total. The Morgan fingerprint density at radius 1 is 1.28 bits per heavy atom. The third-order valence-electron chi connectivity index (χ3n) is 4.31. The minimum absolute atomic E-state index is 0.0782. The molecule has 0 radical (unpaired) electrons. The molecular formula is C15H21NO2. The minimum atomic E-state index is 0.0782. The van der Waals surface area contributed by atoms with Crippen LogP contribution in [-0.2, 0) is 0 Å². The van der Waals surface area contributed by atoms with Crippen LogP contribution in [0, 0.1) is 5.92 Å². The maximum atomic E-state index is 6.29. The van der Waals surface area contributed by atoms with Gasteiger partial charge < -0.3 is 15.2 Å². The average molecular weight is 247 g/mol. The lowest BCUT2D eigenvalue weighted by molar-refractivity contribution is 0.101. The lowest BCUT2D eigenvalue weighted by atomic mass is 9.89. The summed E-state index contributed by atoms with van der Waals surface area (Å²) in [6.45, 7) is 0. The van der Waals surface area contributed by atoms with Gasteiger partial charge in [-0.25, -0.2) is 0 Å². The van der Waals surface area contributed by atoms with Crippen molar-refractivity contribution in [2.24, 2.45) is 11.7 Å². The molecule has 0 bridgehead atoms. The lowest BCUT2D eigenvalue weighted by Gasteiger charge is -2.33. The molecule has 98 valence electrons. The van der Waals surface area contributed by atoms with Crippen molar-refractivity contribution < 1.29 is 9.47 Å². The molecule has 1 aliphatic heterocycles. The fraction of sp³-hybridized carbons (Fsp3) is 0.600. The van der Waals surface area contributed by atoms with Crippen LogP contribution in [0.1, 0.15) is 43.7 Å². The Hall–Kier alpha value is -1.22. The predicted octanol–water partition coefficient (Wildman–Crippen LogP) is 3.04. The Bertz CT molecular complexity index is 427. The first-order valence-electron chi connectivity index (χ1n) is 6.88. The zero-order chi connectivity index (χ0) is 12.5. The van der Waals surface area contributed by atoms with Crippen LogP contribution in [0.15, 0.2) is 18.2 Å².